The minimum Gasteiger partial charge on any atom is -0.360 e. The Morgan fingerprint density at radius 1 is 1.33 bits per heavy atom. The minimum absolute atomic E-state index is 0.0346. The van der Waals surface area contributed by atoms with E-state index in [1.165, 1.54) is 4.57 Å². The molecule has 1 fully saturated rings. The molecule has 3 N–H and O–H groups in total. The zero-order chi connectivity index (χ0) is 23.8. The van der Waals surface area contributed by atoms with E-state index in [0.29, 0.717) is 24.3 Å². The van der Waals surface area contributed by atoms with Gasteiger partial charge >= 0.3 is 0 Å². The Bertz CT molecular complexity index is 1310. The predicted molar refractivity (Wildman–Crippen MR) is 124 cm³/mol. The molecular formula is C22H23N7O3S. The summed E-state index contributed by atoms with van der Waals surface area (Å²) in [6.45, 7) is 3.54. The second-order valence-corrected chi connectivity index (χ2v) is 8.23. The monoisotopic (exact) mass is 465 g/mol. The highest BCUT2D eigenvalue weighted by Crippen LogP contribution is 2.12. The summed E-state index contributed by atoms with van der Waals surface area (Å²) in [5.74, 6) is -0.656. The summed E-state index contributed by atoms with van der Waals surface area (Å²) in [6, 6.07) is 11.4. The molecule has 0 saturated carbocycles. The summed E-state index contributed by atoms with van der Waals surface area (Å²) in [7, 11) is 0. The van der Waals surface area contributed by atoms with Crippen LogP contribution < -0.4 is 30.7 Å². The molecule has 1 aliphatic heterocycles. The van der Waals surface area contributed by atoms with Crippen LogP contribution in [0.15, 0.2) is 29.1 Å². The summed E-state index contributed by atoms with van der Waals surface area (Å²) in [6.07, 6.45) is 2.33. The fraction of sp³-hybridized carbons (Fsp3) is 0.318. The fourth-order valence-corrected chi connectivity index (χ4v) is 4.41. The number of hydrogen-bond donors (Lipinski definition) is 3. The highest BCUT2D eigenvalue weighted by molar-refractivity contribution is 7.07. The summed E-state index contributed by atoms with van der Waals surface area (Å²) in [4.78, 5) is 38.4. The molecule has 2 amide bonds. The van der Waals surface area contributed by atoms with Gasteiger partial charge in [0.1, 0.15) is 21.8 Å². The number of benzene rings is 1. The van der Waals surface area contributed by atoms with Crippen LogP contribution in [-0.2, 0) is 22.6 Å². The van der Waals surface area contributed by atoms with Crippen molar-refractivity contribution in [2.45, 2.75) is 19.9 Å². The van der Waals surface area contributed by atoms with E-state index in [4.69, 9.17) is 5.26 Å². The van der Waals surface area contributed by atoms with Gasteiger partial charge in [-0.1, -0.05) is 12.1 Å². The molecule has 0 radical (unpaired) electrons. The number of aromatic nitrogens is 1. The fourth-order valence-electron chi connectivity index (χ4n) is 3.32. The lowest BCUT2D eigenvalue weighted by Crippen LogP contribution is -2.34. The molecule has 170 valence electrons. The molecule has 1 saturated heterocycles. The van der Waals surface area contributed by atoms with Gasteiger partial charge < -0.3 is 16.0 Å². The third kappa shape index (κ3) is 5.86. The molecule has 0 unspecified atom stereocenters. The standard InChI is InChI=1S/C22H23N7O3S/c1-2-29-21(32)18(33-22(29)17(11-24)20(31)25-8-7-23)12-26-16-5-3-4-15(10-16)6-9-28-13-19(30)27-14-28/h3-5,10,12,26H,2,6,8-9,13-14H2,1H3,(H,25,31)(H,27,30)/b18-12+,22-17-. The van der Waals surface area contributed by atoms with E-state index in [1.54, 1.807) is 19.2 Å². The smallest absolute Gasteiger partial charge is 0.270 e. The van der Waals surface area contributed by atoms with Crippen molar-refractivity contribution in [2.24, 2.45) is 0 Å². The highest BCUT2D eigenvalue weighted by Gasteiger charge is 2.17. The minimum atomic E-state index is -0.690. The van der Waals surface area contributed by atoms with Crippen LogP contribution in [0.25, 0.3) is 11.8 Å². The van der Waals surface area contributed by atoms with Crippen LogP contribution in [0.1, 0.15) is 12.5 Å². The molecule has 33 heavy (non-hydrogen) atoms. The van der Waals surface area contributed by atoms with Gasteiger partial charge in [-0.25, -0.2) is 0 Å². The van der Waals surface area contributed by atoms with E-state index in [-0.39, 0.29) is 28.2 Å². The molecule has 1 aromatic heterocycles. The van der Waals surface area contributed by atoms with Gasteiger partial charge in [0.25, 0.3) is 11.5 Å². The largest absolute Gasteiger partial charge is 0.360 e. The maximum Gasteiger partial charge on any atom is 0.270 e. The maximum atomic E-state index is 12.8. The third-order valence-corrected chi connectivity index (χ3v) is 6.12. The van der Waals surface area contributed by atoms with Gasteiger partial charge in [-0.15, -0.1) is 11.3 Å². The number of nitrogens with zero attached hydrogens (tertiary/aromatic N) is 4. The average Bonchev–Trinajstić information content (AvgIpc) is 3.38. The Hall–Kier alpha value is -3.93. The number of anilines is 1. The summed E-state index contributed by atoms with van der Waals surface area (Å²) < 4.78 is 1.96. The first kappa shape index (κ1) is 23.7. The van der Waals surface area contributed by atoms with Crippen LogP contribution in [0.4, 0.5) is 5.69 Å². The van der Waals surface area contributed by atoms with E-state index < -0.39 is 5.91 Å². The first-order valence-corrected chi connectivity index (χ1v) is 11.1. The lowest BCUT2D eigenvalue weighted by atomic mass is 10.1. The number of hydrogen-bond acceptors (Lipinski definition) is 8. The lowest BCUT2D eigenvalue weighted by molar-refractivity contribution is -0.118. The summed E-state index contributed by atoms with van der Waals surface area (Å²) >= 11 is 1.04. The Kier molecular flexibility index (Phi) is 7.97. The van der Waals surface area contributed by atoms with Crippen molar-refractivity contribution < 1.29 is 9.59 Å². The SMILES string of the molecule is CCn1c(=O)/c(=C\Nc2cccc(CCN3CNC(=O)C3)c2)s/c1=C(/C#N)C(=O)NCC#N. The van der Waals surface area contributed by atoms with Gasteiger partial charge in [-0.05, 0) is 31.0 Å². The summed E-state index contributed by atoms with van der Waals surface area (Å²) in [5.41, 5.74) is 1.36. The van der Waals surface area contributed by atoms with Gasteiger partial charge in [-0.2, -0.15) is 10.5 Å². The molecule has 2 aromatic rings. The van der Waals surface area contributed by atoms with Crippen LogP contribution in [-0.4, -0.2) is 47.6 Å². The molecule has 10 nitrogen and oxygen atoms in total. The average molecular weight is 466 g/mol. The van der Waals surface area contributed by atoms with Gasteiger partial charge in [0.05, 0.1) is 19.3 Å². The molecule has 0 bridgehead atoms. The van der Waals surface area contributed by atoms with E-state index in [2.05, 4.69) is 16.0 Å². The van der Waals surface area contributed by atoms with Crippen molar-refractivity contribution in [2.75, 3.05) is 31.6 Å². The molecule has 1 aliphatic rings. The number of thiazole rings is 1. The molecule has 11 heteroatoms. The van der Waals surface area contributed by atoms with Gasteiger partial charge in [0.15, 0.2) is 5.57 Å². The highest BCUT2D eigenvalue weighted by atomic mass is 32.1. The van der Waals surface area contributed by atoms with E-state index in [9.17, 15) is 19.6 Å². The van der Waals surface area contributed by atoms with E-state index in [0.717, 1.165) is 35.6 Å². The number of nitriles is 2. The first-order valence-electron chi connectivity index (χ1n) is 10.3. The predicted octanol–water partition coefficient (Wildman–Crippen LogP) is -0.974. The van der Waals surface area contributed by atoms with Gasteiger partial charge in [0.2, 0.25) is 5.91 Å². The third-order valence-electron chi connectivity index (χ3n) is 4.99. The quantitative estimate of drug-likeness (QED) is 0.426. The molecule has 0 atom stereocenters. The van der Waals surface area contributed by atoms with Crippen LogP contribution >= 0.6 is 11.3 Å². The number of carbonyl (C=O) groups is 2. The number of nitrogens with one attached hydrogen (secondary N) is 3. The van der Waals surface area contributed by atoms with Crippen molar-refractivity contribution in [1.29, 1.82) is 10.5 Å². The zero-order valence-corrected chi connectivity index (χ0v) is 18.9. The van der Waals surface area contributed by atoms with Crippen molar-refractivity contribution in [3.63, 3.8) is 0 Å². The summed E-state index contributed by atoms with van der Waals surface area (Å²) in [5, 5.41) is 26.3. The zero-order valence-electron chi connectivity index (χ0n) is 18.1. The topological polar surface area (TPSA) is 143 Å². The lowest BCUT2D eigenvalue weighted by Gasteiger charge is -2.12. The van der Waals surface area contributed by atoms with Crippen molar-refractivity contribution in [3.05, 3.63) is 49.4 Å². The van der Waals surface area contributed by atoms with Crippen molar-refractivity contribution in [3.8, 4) is 12.1 Å². The maximum absolute atomic E-state index is 12.8. The number of rotatable bonds is 8. The molecule has 0 aliphatic carbocycles. The van der Waals surface area contributed by atoms with Crippen LogP contribution in [0.3, 0.4) is 0 Å². The van der Waals surface area contributed by atoms with Crippen molar-refractivity contribution >= 4 is 40.6 Å². The van der Waals surface area contributed by atoms with Crippen molar-refractivity contribution in [1.82, 2.24) is 20.1 Å². The van der Waals surface area contributed by atoms with Crippen LogP contribution in [0.5, 0.6) is 0 Å². The first-order chi connectivity index (χ1) is 16.0. The molecular weight excluding hydrogens is 442 g/mol. The number of amides is 2. The van der Waals surface area contributed by atoms with E-state index >= 15 is 0 Å². The molecule has 3 rings (SSSR count). The second kappa shape index (κ2) is 11.1. The Morgan fingerprint density at radius 3 is 2.82 bits per heavy atom. The second-order valence-electron chi connectivity index (χ2n) is 7.20. The Labute approximate surface area is 194 Å². The Morgan fingerprint density at radius 2 is 2.15 bits per heavy atom. The normalized spacial score (nSPS) is 14.9. The number of carbonyl (C=O) groups excluding carboxylic acids is 2. The van der Waals surface area contributed by atoms with Gasteiger partial charge in [0, 0.05) is 25.0 Å². The Balaban J connectivity index is 1.83. The molecule has 0 spiro atoms. The van der Waals surface area contributed by atoms with Crippen LogP contribution in [0, 0.1) is 22.7 Å². The van der Waals surface area contributed by atoms with E-state index in [1.807, 2.05) is 35.2 Å². The van der Waals surface area contributed by atoms with Crippen LogP contribution in [0.2, 0.25) is 0 Å². The molecule has 1 aromatic carbocycles. The van der Waals surface area contributed by atoms with Gasteiger partial charge in [-0.3, -0.25) is 23.9 Å². The molecule has 2 heterocycles.